The van der Waals surface area contributed by atoms with E-state index >= 15 is 0 Å². The van der Waals surface area contributed by atoms with Crippen molar-refractivity contribution in [1.29, 1.82) is 0 Å². The summed E-state index contributed by atoms with van der Waals surface area (Å²) in [5.41, 5.74) is 0. The highest BCUT2D eigenvalue weighted by molar-refractivity contribution is 5.72. The number of esters is 2. The Morgan fingerprint density at radius 1 is 1.24 bits per heavy atom. The molecule has 0 aliphatic carbocycles. The van der Waals surface area contributed by atoms with Crippen LogP contribution in [-0.2, 0) is 19.1 Å². The topological polar surface area (TPSA) is 93.1 Å². The van der Waals surface area contributed by atoms with Crippen LogP contribution < -0.4 is 0 Å². The smallest absolute Gasteiger partial charge is 0.373 e. The normalized spacial score (nSPS) is 22.8. The number of ether oxygens (including phenoxy) is 2. The predicted octanol–water partition coefficient (Wildman–Crippen LogP) is 0.454. The van der Waals surface area contributed by atoms with Gasteiger partial charge in [0.05, 0.1) is 12.5 Å². The van der Waals surface area contributed by atoms with E-state index in [9.17, 15) is 14.7 Å². The monoisotopic (exact) mass is 246 g/mol. The number of carbonyl (C=O) groups excluding carboxylic acids is 2. The van der Waals surface area contributed by atoms with E-state index in [1.807, 2.05) is 0 Å². The van der Waals surface area contributed by atoms with Crippen molar-refractivity contribution in [2.24, 2.45) is 0 Å². The van der Waals surface area contributed by atoms with Crippen molar-refractivity contribution in [1.82, 2.24) is 0 Å². The molecule has 0 radical (unpaired) electrons. The second kappa shape index (κ2) is 5.97. The molecule has 0 spiro atoms. The first-order chi connectivity index (χ1) is 7.91. The summed E-state index contributed by atoms with van der Waals surface area (Å²) in [7, 11) is 0. The molecule has 1 aliphatic rings. The van der Waals surface area contributed by atoms with E-state index < -0.39 is 24.0 Å². The van der Waals surface area contributed by atoms with Gasteiger partial charge in [-0.15, -0.1) is 0 Å². The van der Waals surface area contributed by atoms with Crippen LogP contribution in [0.3, 0.4) is 0 Å². The Hall–Kier alpha value is -1.14. The maximum atomic E-state index is 11.3. The number of hydrogen-bond acceptors (Lipinski definition) is 6. The molecule has 17 heavy (non-hydrogen) atoms. The van der Waals surface area contributed by atoms with Gasteiger partial charge in [-0.05, 0) is 26.2 Å². The summed E-state index contributed by atoms with van der Waals surface area (Å²) in [4.78, 5) is 22.6. The first kappa shape index (κ1) is 13.9. The van der Waals surface area contributed by atoms with Gasteiger partial charge < -0.3 is 19.7 Å². The molecule has 6 nitrogen and oxygen atoms in total. The average molecular weight is 246 g/mol. The van der Waals surface area contributed by atoms with Crippen LogP contribution in [0.2, 0.25) is 0 Å². The third kappa shape index (κ3) is 5.14. The van der Waals surface area contributed by atoms with Gasteiger partial charge in [-0.25, -0.2) is 0 Å². The molecule has 1 unspecified atom stereocenters. The number of rotatable bonds is 3. The van der Waals surface area contributed by atoms with Crippen LogP contribution in [0.15, 0.2) is 0 Å². The van der Waals surface area contributed by atoms with Crippen molar-refractivity contribution < 1.29 is 29.3 Å². The van der Waals surface area contributed by atoms with Crippen molar-refractivity contribution in [2.75, 3.05) is 0 Å². The predicted molar refractivity (Wildman–Crippen MR) is 56.5 cm³/mol. The van der Waals surface area contributed by atoms with Crippen LogP contribution in [0.25, 0.3) is 0 Å². The van der Waals surface area contributed by atoms with E-state index in [2.05, 4.69) is 0 Å². The fraction of sp³-hybridized carbons (Fsp3) is 0.818. The van der Waals surface area contributed by atoms with Gasteiger partial charge >= 0.3 is 17.9 Å². The molecule has 1 saturated heterocycles. The van der Waals surface area contributed by atoms with Crippen LogP contribution in [0, 0.1) is 0 Å². The number of aliphatic hydroxyl groups is 2. The van der Waals surface area contributed by atoms with E-state index in [4.69, 9.17) is 14.6 Å². The molecule has 1 aliphatic heterocycles. The fourth-order valence-electron chi connectivity index (χ4n) is 1.51. The minimum Gasteiger partial charge on any atom is -0.398 e. The summed E-state index contributed by atoms with van der Waals surface area (Å²) in [6.45, 7) is 1.53. The number of cyclic esters (lactones) is 2. The fourth-order valence-corrected chi connectivity index (χ4v) is 1.51. The van der Waals surface area contributed by atoms with Gasteiger partial charge in [-0.1, -0.05) is 0 Å². The lowest BCUT2D eigenvalue weighted by Crippen LogP contribution is -2.40. The summed E-state index contributed by atoms with van der Waals surface area (Å²) in [6.07, 6.45) is 0.699. The lowest BCUT2D eigenvalue weighted by atomic mass is 10.2. The van der Waals surface area contributed by atoms with E-state index in [1.54, 1.807) is 0 Å². The van der Waals surface area contributed by atoms with Crippen LogP contribution in [0.4, 0.5) is 0 Å². The molecule has 6 heteroatoms. The zero-order chi connectivity index (χ0) is 12.9. The Kier molecular flexibility index (Phi) is 4.89. The standard InChI is InChI=1S/C11H18O6/c1-8(12)6-7-11(15)16-9(13)4-2-3-5-10(14)17-11/h8,12,15H,2-7H2,1H3. The summed E-state index contributed by atoms with van der Waals surface area (Å²) in [5.74, 6) is -3.45. The van der Waals surface area contributed by atoms with Crippen LogP contribution in [0.1, 0.15) is 45.4 Å². The maximum absolute atomic E-state index is 11.3. The molecule has 1 fully saturated rings. The van der Waals surface area contributed by atoms with Crippen LogP contribution in [0.5, 0.6) is 0 Å². The highest BCUT2D eigenvalue weighted by Gasteiger charge is 2.37. The van der Waals surface area contributed by atoms with E-state index in [-0.39, 0.29) is 25.7 Å². The third-order valence-electron chi connectivity index (χ3n) is 2.44. The highest BCUT2D eigenvalue weighted by Crippen LogP contribution is 2.22. The van der Waals surface area contributed by atoms with E-state index in [1.165, 1.54) is 6.92 Å². The van der Waals surface area contributed by atoms with Gasteiger partial charge in [0.15, 0.2) is 0 Å². The van der Waals surface area contributed by atoms with Gasteiger partial charge in [0.1, 0.15) is 0 Å². The summed E-state index contributed by atoms with van der Waals surface area (Å²) in [5, 5.41) is 19.0. The maximum Gasteiger partial charge on any atom is 0.373 e. The van der Waals surface area contributed by atoms with Crippen molar-refractivity contribution in [3.05, 3.63) is 0 Å². The quantitative estimate of drug-likeness (QED) is 0.702. The Bertz CT molecular complexity index is 266. The molecule has 2 N–H and O–H groups in total. The van der Waals surface area contributed by atoms with Gasteiger partial charge in [0.2, 0.25) is 0 Å². The second-order valence-electron chi connectivity index (χ2n) is 4.26. The molecule has 98 valence electrons. The summed E-state index contributed by atoms with van der Waals surface area (Å²) in [6, 6.07) is 0. The Morgan fingerprint density at radius 3 is 2.12 bits per heavy atom. The lowest BCUT2D eigenvalue weighted by molar-refractivity contribution is -0.328. The molecule has 0 bridgehead atoms. The van der Waals surface area contributed by atoms with Crippen molar-refractivity contribution >= 4 is 11.9 Å². The number of hydrogen-bond donors (Lipinski definition) is 2. The molecule has 0 aromatic heterocycles. The largest absolute Gasteiger partial charge is 0.398 e. The van der Waals surface area contributed by atoms with Crippen molar-refractivity contribution in [3.63, 3.8) is 0 Å². The van der Waals surface area contributed by atoms with E-state index in [0.717, 1.165) is 0 Å². The zero-order valence-corrected chi connectivity index (χ0v) is 9.85. The molecule has 0 saturated carbocycles. The minimum absolute atomic E-state index is 0.137. The average Bonchev–Trinajstić information content (AvgIpc) is 2.26. The Balaban J connectivity index is 2.67. The van der Waals surface area contributed by atoms with E-state index in [0.29, 0.717) is 12.8 Å². The molecule has 0 amide bonds. The third-order valence-corrected chi connectivity index (χ3v) is 2.44. The Morgan fingerprint density at radius 2 is 1.71 bits per heavy atom. The number of aliphatic hydroxyl groups excluding tert-OH is 1. The highest BCUT2D eigenvalue weighted by atomic mass is 16.8. The molecular weight excluding hydrogens is 228 g/mol. The van der Waals surface area contributed by atoms with Crippen LogP contribution >= 0.6 is 0 Å². The SMILES string of the molecule is CC(O)CCC1(O)OC(=O)CCCCC(=O)O1. The molecule has 0 aromatic rings. The minimum atomic E-state index is -2.24. The molecule has 1 atom stereocenters. The first-order valence-corrected chi connectivity index (χ1v) is 5.75. The summed E-state index contributed by atoms with van der Waals surface area (Å²) >= 11 is 0. The lowest BCUT2D eigenvalue weighted by Gasteiger charge is -2.26. The van der Waals surface area contributed by atoms with Gasteiger partial charge in [0.25, 0.3) is 0 Å². The molecule has 1 rings (SSSR count). The second-order valence-corrected chi connectivity index (χ2v) is 4.26. The van der Waals surface area contributed by atoms with Gasteiger partial charge in [-0.2, -0.15) is 0 Å². The molecule has 1 heterocycles. The molecular formula is C11H18O6. The first-order valence-electron chi connectivity index (χ1n) is 5.75. The zero-order valence-electron chi connectivity index (χ0n) is 9.85. The van der Waals surface area contributed by atoms with Crippen molar-refractivity contribution in [3.8, 4) is 0 Å². The van der Waals surface area contributed by atoms with Crippen LogP contribution in [-0.4, -0.2) is 34.2 Å². The van der Waals surface area contributed by atoms with Gasteiger partial charge in [0, 0.05) is 12.8 Å². The van der Waals surface area contributed by atoms with Crippen molar-refractivity contribution in [2.45, 2.75) is 57.5 Å². The number of carbonyl (C=O) groups is 2. The molecule has 0 aromatic carbocycles. The Labute approximate surface area is 99.5 Å². The summed E-state index contributed by atoms with van der Waals surface area (Å²) < 4.78 is 9.48. The van der Waals surface area contributed by atoms with Gasteiger partial charge in [-0.3, -0.25) is 9.59 Å².